The van der Waals surface area contributed by atoms with Crippen LogP contribution >= 0.6 is 23.2 Å². The number of methoxy groups -OCH3 is 1. The number of halogens is 2. The minimum atomic E-state index is -0.661. The van der Waals surface area contributed by atoms with Gasteiger partial charge in [0.05, 0.1) is 19.6 Å². The Bertz CT molecular complexity index is 1330. The number of esters is 1. The van der Waals surface area contributed by atoms with Crippen molar-refractivity contribution in [2.75, 3.05) is 13.7 Å². The third kappa shape index (κ3) is 6.68. The maximum absolute atomic E-state index is 14.3. The Morgan fingerprint density at radius 1 is 1.10 bits per heavy atom. The molecule has 0 saturated heterocycles. The molecule has 7 nitrogen and oxygen atoms in total. The Kier molecular flexibility index (Phi) is 10.0. The Hall–Kier alpha value is -2.90. The lowest BCUT2D eigenvalue weighted by atomic mass is 9.67. The van der Waals surface area contributed by atoms with E-state index in [0.717, 1.165) is 37.7 Å². The second-order valence-corrected chi connectivity index (χ2v) is 12.9. The summed E-state index contributed by atoms with van der Waals surface area (Å²) >= 11 is 12.7. The molecule has 1 N–H and O–H groups in total. The fourth-order valence-corrected chi connectivity index (χ4v) is 6.86. The van der Waals surface area contributed by atoms with Crippen LogP contribution in [0.2, 0.25) is 10.0 Å². The SMILES string of the molecule is CC[C@H](c1ccc(C(=O)NCCC(=O)OC)cc1)N1C(=O)C(c2cc(Cl)cc(Cl)c2)=NC12CCC(C(C)(C)CC)CC2. The number of nitrogens with one attached hydrogen (secondary N) is 1. The zero-order chi connectivity index (χ0) is 30.7. The molecule has 1 spiro atoms. The number of ether oxygens (including phenoxy) is 1. The topological polar surface area (TPSA) is 88.1 Å². The number of nitrogens with zero attached hydrogens (tertiary/aromatic N) is 2. The van der Waals surface area contributed by atoms with Crippen LogP contribution in [0.25, 0.3) is 0 Å². The van der Waals surface area contributed by atoms with Crippen molar-refractivity contribution in [2.24, 2.45) is 16.3 Å². The van der Waals surface area contributed by atoms with Crippen LogP contribution in [0.5, 0.6) is 0 Å². The average molecular weight is 615 g/mol. The lowest BCUT2D eigenvalue weighted by Crippen LogP contribution is -2.51. The van der Waals surface area contributed by atoms with Crippen molar-refractivity contribution in [1.82, 2.24) is 10.2 Å². The molecule has 4 rings (SSSR count). The first-order valence-corrected chi connectivity index (χ1v) is 15.5. The first-order valence-electron chi connectivity index (χ1n) is 14.8. The van der Waals surface area contributed by atoms with E-state index in [0.29, 0.717) is 39.2 Å². The molecule has 1 heterocycles. The van der Waals surface area contributed by atoms with Crippen LogP contribution in [-0.4, -0.2) is 47.7 Å². The van der Waals surface area contributed by atoms with Gasteiger partial charge in [-0.05, 0) is 79.3 Å². The van der Waals surface area contributed by atoms with Gasteiger partial charge in [-0.1, -0.05) is 69.5 Å². The summed E-state index contributed by atoms with van der Waals surface area (Å²) < 4.78 is 4.63. The fourth-order valence-electron chi connectivity index (χ4n) is 6.33. The van der Waals surface area contributed by atoms with Crippen LogP contribution in [0.3, 0.4) is 0 Å². The summed E-state index contributed by atoms with van der Waals surface area (Å²) in [6.45, 7) is 9.17. The number of carbonyl (C=O) groups excluding carboxylic acids is 3. The zero-order valence-electron chi connectivity index (χ0n) is 25.1. The molecule has 226 valence electrons. The van der Waals surface area contributed by atoms with Crippen LogP contribution in [0, 0.1) is 11.3 Å². The maximum Gasteiger partial charge on any atom is 0.307 e. The molecular weight excluding hydrogens is 573 g/mol. The molecule has 1 aliphatic heterocycles. The van der Waals surface area contributed by atoms with Crippen LogP contribution in [-0.2, 0) is 14.3 Å². The standard InChI is InChI=1S/C33H41Cl2N3O4/c1-6-27(21-8-10-22(11-9-21)30(40)36-17-14-28(39)42-5)38-31(41)29(23-18-25(34)20-26(35)19-23)37-33(38)15-12-24(13-16-33)32(3,4)7-2/h8-11,18-20,24,27H,6-7,12-17H2,1-5H3,(H,36,40)/t24?,27-,33?/m1/s1. The number of hydrogen-bond donors (Lipinski definition) is 1. The molecule has 2 aromatic carbocycles. The lowest BCUT2D eigenvalue weighted by Gasteiger charge is -2.48. The lowest BCUT2D eigenvalue weighted by molar-refractivity contribution is -0.140. The van der Waals surface area contributed by atoms with E-state index in [1.807, 2.05) is 17.0 Å². The number of aliphatic imine (C=N–C) groups is 1. The number of amides is 2. The van der Waals surface area contributed by atoms with Crippen molar-refractivity contribution in [2.45, 2.75) is 84.3 Å². The van der Waals surface area contributed by atoms with Crippen molar-refractivity contribution >= 4 is 46.7 Å². The molecule has 1 atom stereocenters. The maximum atomic E-state index is 14.3. The molecule has 9 heteroatoms. The zero-order valence-corrected chi connectivity index (χ0v) is 26.6. The van der Waals surface area contributed by atoms with Crippen LogP contribution in [0.4, 0.5) is 0 Å². The summed E-state index contributed by atoms with van der Waals surface area (Å²) in [6.07, 6.45) is 5.42. The second kappa shape index (κ2) is 13.2. The van der Waals surface area contributed by atoms with Crippen LogP contribution < -0.4 is 5.32 Å². The summed E-state index contributed by atoms with van der Waals surface area (Å²) in [6, 6.07) is 12.3. The van der Waals surface area contributed by atoms with Crippen molar-refractivity contribution < 1.29 is 19.1 Å². The molecule has 2 aromatic rings. The normalized spacial score (nSPS) is 21.3. The molecule has 1 saturated carbocycles. The largest absolute Gasteiger partial charge is 0.469 e. The highest BCUT2D eigenvalue weighted by Crippen LogP contribution is 2.50. The highest BCUT2D eigenvalue weighted by atomic mass is 35.5. The van der Waals surface area contributed by atoms with Crippen LogP contribution in [0.1, 0.15) is 100 Å². The van der Waals surface area contributed by atoms with Gasteiger partial charge in [0.25, 0.3) is 11.8 Å². The molecule has 2 amide bonds. The number of carbonyl (C=O) groups is 3. The summed E-state index contributed by atoms with van der Waals surface area (Å²) in [7, 11) is 1.32. The third-order valence-corrected chi connectivity index (χ3v) is 9.66. The van der Waals surface area contributed by atoms with Gasteiger partial charge in [-0.25, -0.2) is 0 Å². The Labute approximate surface area is 259 Å². The molecule has 0 radical (unpaired) electrons. The summed E-state index contributed by atoms with van der Waals surface area (Å²) in [5, 5.41) is 3.66. The highest BCUT2D eigenvalue weighted by Gasteiger charge is 2.52. The Balaban J connectivity index is 1.64. The average Bonchev–Trinajstić information content (AvgIpc) is 3.24. The quantitative estimate of drug-likeness (QED) is 0.283. The molecular formula is C33H41Cl2N3O4. The van der Waals surface area contributed by atoms with E-state index in [4.69, 9.17) is 28.2 Å². The molecule has 42 heavy (non-hydrogen) atoms. The van der Waals surface area contributed by atoms with Crippen molar-refractivity contribution in [3.05, 3.63) is 69.2 Å². The van der Waals surface area contributed by atoms with E-state index in [1.54, 1.807) is 30.3 Å². The summed E-state index contributed by atoms with van der Waals surface area (Å²) in [4.78, 5) is 45.5. The van der Waals surface area contributed by atoms with Crippen LogP contribution in [0.15, 0.2) is 47.5 Å². The van der Waals surface area contributed by atoms with E-state index in [-0.39, 0.29) is 42.2 Å². The van der Waals surface area contributed by atoms with E-state index in [1.165, 1.54) is 7.11 Å². The number of rotatable bonds is 10. The minimum Gasteiger partial charge on any atom is -0.469 e. The number of hydrogen-bond acceptors (Lipinski definition) is 5. The summed E-state index contributed by atoms with van der Waals surface area (Å²) in [5.41, 5.74) is 2.00. The molecule has 1 fully saturated rings. The highest BCUT2D eigenvalue weighted by molar-refractivity contribution is 6.47. The van der Waals surface area contributed by atoms with Crippen molar-refractivity contribution in [3.8, 4) is 0 Å². The van der Waals surface area contributed by atoms with Gasteiger partial charge in [-0.15, -0.1) is 0 Å². The van der Waals surface area contributed by atoms with E-state index < -0.39 is 5.66 Å². The van der Waals surface area contributed by atoms with Crippen molar-refractivity contribution in [1.29, 1.82) is 0 Å². The molecule has 0 unspecified atom stereocenters. The van der Waals surface area contributed by atoms with Gasteiger partial charge >= 0.3 is 5.97 Å². The predicted molar refractivity (Wildman–Crippen MR) is 167 cm³/mol. The molecule has 0 bridgehead atoms. The second-order valence-electron chi connectivity index (χ2n) is 12.0. The molecule has 2 aliphatic rings. The van der Waals surface area contributed by atoms with E-state index in [9.17, 15) is 14.4 Å². The van der Waals surface area contributed by atoms with Gasteiger partial charge in [-0.2, -0.15) is 0 Å². The van der Waals surface area contributed by atoms with E-state index >= 15 is 0 Å². The van der Waals surface area contributed by atoms with Gasteiger partial charge in [0.1, 0.15) is 11.4 Å². The fraction of sp³-hybridized carbons (Fsp3) is 0.515. The van der Waals surface area contributed by atoms with Gasteiger partial charge in [0, 0.05) is 27.7 Å². The first kappa shape index (κ1) is 32.0. The van der Waals surface area contributed by atoms with Gasteiger partial charge < -0.3 is 15.0 Å². The van der Waals surface area contributed by atoms with E-state index in [2.05, 4.69) is 37.7 Å². The Morgan fingerprint density at radius 2 is 1.71 bits per heavy atom. The number of benzene rings is 2. The van der Waals surface area contributed by atoms with Gasteiger partial charge in [0.2, 0.25) is 0 Å². The Morgan fingerprint density at radius 3 is 2.26 bits per heavy atom. The third-order valence-electron chi connectivity index (χ3n) is 9.23. The first-order chi connectivity index (χ1) is 19.9. The van der Waals surface area contributed by atoms with Gasteiger partial charge in [-0.3, -0.25) is 19.4 Å². The monoisotopic (exact) mass is 613 g/mol. The molecule has 0 aromatic heterocycles. The minimum absolute atomic E-state index is 0.105. The van der Waals surface area contributed by atoms with Crippen molar-refractivity contribution in [3.63, 3.8) is 0 Å². The van der Waals surface area contributed by atoms with Gasteiger partial charge in [0.15, 0.2) is 0 Å². The predicted octanol–water partition coefficient (Wildman–Crippen LogP) is 7.39. The summed E-state index contributed by atoms with van der Waals surface area (Å²) in [5.74, 6) is -0.220. The smallest absolute Gasteiger partial charge is 0.307 e. The molecule has 1 aliphatic carbocycles.